The molecule has 0 saturated carbocycles. The highest BCUT2D eigenvalue weighted by Crippen LogP contribution is 2.34. The molecule has 1 unspecified atom stereocenters. The number of methoxy groups -OCH3 is 1. The molecule has 1 N–H and O–H groups in total. The largest absolute Gasteiger partial charge is 0.497 e. The summed E-state index contributed by atoms with van der Waals surface area (Å²) in [4.78, 5) is 4.25. The second-order valence-corrected chi connectivity index (χ2v) is 5.40. The molecule has 0 bridgehead atoms. The molecule has 1 aliphatic carbocycles. The Labute approximate surface area is 120 Å². The Morgan fingerprint density at radius 1 is 1.25 bits per heavy atom. The first-order valence-corrected chi connectivity index (χ1v) is 7.11. The number of aromatic nitrogens is 1. The summed E-state index contributed by atoms with van der Waals surface area (Å²) in [5.74, 6) is 0.946. The van der Waals surface area contributed by atoms with Gasteiger partial charge in [-0.05, 0) is 61.1 Å². The van der Waals surface area contributed by atoms with Gasteiger partial charge < -0.3 is 10.1 Å². The Morgan fingerprint density at radius 3 is 2.95 bits per heavy atom. The minimum Gasteiger partial charge on any atom is -0.497 e. The van der Waals surface area contributed by atoms with Crippen molar-refractivity contribution in [2.75, 3.05) is 12.4 Å². The molecule has 0 fully saturated rings. The smallest absolute Gasteiger partial charge is 0.119 e. The lowest BCUT2D eigenvalue weighted by Gasteiger charge is -2.27. The van der Waals surface area contributed by atoms with Crippen LogP contribution >= 0.6 is 0 Å². The van der Waals surface area contributed by atoms with Gasteiger partial charge in [0.25, 0.3) is 0 Å². The highest BCUT2D eigenvalue weighted by atomic mass is 16.5. The van der Waals surface area contributed by atoms with Crippen LogP contribution in [0.3, 0.4) is 0 Å². The standard InChI is InChI=1S/C17H20N2O/c1-12-8-14(11-18-10-12)19-17-5-3-4-13-9-15(20-2)6-7-16(13)17/h6-11,17,19H,3-5H2,1-2H3. The van der Waals surface area contributed by atoms with Crippen LogP contribution in [0.5, 0.6) is 5.75 Å². The molecule has 0 spiro atoms. The average Bonchev–Trinajstić information content (AvgIpc) is 2.47. The number of hydrogen-bond acceptors (Lipinski definition) is 3. The number of nitrogens with zero attached hydrogens (tertiary/aromatic N) is 1. The second kappa shape index (κ2) is 5.53. The minimum absolute atomic E-state index is 0.369. The molecule has 0 amide bonds. The number of anilines is 1. The molecule has 1 atom stereocenters. The fourth-order valence-corrected chi connectivity index (χ4v) is 2.90. The third-order valence-corrected chi connectivity index (χ3v) is 3.88. The molecular weight excluding hydrogens is 248 g/mol. The quantitative estimate of drug-likeness (QED) is 0.917. The van der Waals surface area contributed by atoms with E-state index in [0.717, 1.165) is 24.3 Å². The van der Waals surface area contributed by atoms with Crippen molar-refractivity contribution >= 4 is 5.69 Å². The van der Waals surface area contributed by atoms with Gasteiger partial charge >= 0.3 is 0 Å². The van der Waals surface area contributed by atoms with E-state index in [2.05, 4.69) is 35.4 Å². The van der Waals surface area contributed by atoms with Crippen LogP contribution in [0, 0.1) is 6.92 Å². The van der Waals surface area contributed by atoms with Gasteiger partial charge in [-0.3, -0.25) is 4.98 Å². The van der Waals surface area contributed by atoms with Crippen LogP contribution in [-0.4, -0.2) is 12.1 Å². The van der Waals surface area contributed by atoms with E-state index in [1.165, 1.54) is 23.1 Å². The Hall–Kier alpha value is -2.03. The normalized spacial score (nSPS) is 17.4. The molecule has 3 nitrogen and oxygen atoms in total. The summed E-state index contributed by atoms with van der Waals surface area (Å²) in [6, 6.07) is 8.91. The second-order valence-electron chi connectivity index (χ2n) is 5.40. The summed E-state index contributed by atoms with van der Waals surface area (Å²) in [5.41, 5.74) is 5.06. The predicted molar refractivity (Wildman–Crippen MR) is 81.3 cm³/mol. The third-order valence-electron chi connectivity index (χ3n) is 3.88. The summed E-state index contributed by atoms with van der Waals surface area (Å²) in [5, 5.41) is 3.61. The predicted octanol–water partition coefficient (Wildman–Crippen LogP) is 3.89. The summed E-state index contributed by atoms with van der Waals surface area (Å²) < 4.78 is 5.32. The van der Waals surface area contributed by atoms with E-state index in [1.807, 2.05) is 18.5 Å². The number of aryl methyl sites for hydroxylation is 2. The van der Waals surface area contributed by atoms with Crippen molar-refractivity contribution < 1.29 is 4.74 Å². The number of benzene rings is 1. The number of rotatable bonds is 3. The topological polar surface area (TPSA) is 34.1 Å². The number of nitrogens with one attached hydrogen (secondary N) is 1. The Kier molecular flexibility index (Phi) is 3.59. The maximum absolute atomic E-state index is 5.32. The van der Waals surface area contributed by atoms with Crippen LogP contribution in [-0.2, 0) is 6.42 Å². The van der Waals surface area contributed by atoms with Crippen LogP contribution in [0.25, 0.3) is 0 Å². The molecule has 1 heterocycles. The summed E-state index contributed by atoms with van der Waals surface area (Å²) in [6.45, 7) is 2.07. The fourth-order valence-electron chi connectivity index (χ4n) is 2.90. The molecule has 1 aliphatic rings. The van der Waals surface area contributed by atoms with Gasteiger partial charge in [-0.2, -0.15) is 0 Å². The average molecular weight is 268 g/mol. The van der Waals surface area contributed by atoms with E-state index in [-0.39, 0.29) is 0 Å². The molecule has 0 radical (unpaired) electrons. The Morgan fingerprint density at radius 2 is 2.15 bits per heavy atom. The van der Waals surface area contributed by atoms with Crippen molar-refractivity contribution in [3.8, 4) is 5.75 Å². The lowest BCUT2D eigenvalue weighted by molar-refractivity contribution is 0.413. The monoisotopic (exact) mass is 268 g/mol. The van der Waals surface area contributed by atoms with Gasteiger partial charge in [0.2, 0.25) is 0 Å². The molecule has 3 heteroatoms. The number of ether oxygens (including phenoxy) is 1. The van der Waals surface area contributed by atoms with Crippen molar-refractivity contribution in [1.82, 2.24) is 4.98 Å². The highest BCUT2D eigenvalue weighted by Gasteiger charge is 2.20. The van der Waals surface area contributed by atoms with Gasteiger partial charge in [-0.15, -0.1) is 0 Å². The van der Waals surface area contributed by atoms with Gasteiger partial charge in [0.15, 0.2) is 0 Å². The summed E-state index contributed by atoms with van der Waals surface area (Å²) >= 11 is 0. The minimum atomic E-state index is 0.369. The first kappa shape index (κ1) is 13.0. The zero-order valence-electron chi connectivity index (χ0n) is 12.0. The molecular formula is C17H20N2O. The zero-order chi connectivity index (χ0) is 13.9. The zero-order valence-corrected chi connectivity index (χ0v) is 12.0. The van der Waals surface area contributed by atoms with Crippen molar-refractivity contribution in [1.29, 1.82) is 0 Å². The van der Waals surface area contributed by atoms with E-state index in [4.69, 9.17) is 4.74 Å². The molecule has 20 heavy (non-hydrogen) atoms. The lowest BCUT2D eigenvalue weighted by atomic mass is 9.87. The summed E-state index contributed by atoms with van der Waals surface area (Å²) in [6.07, 6.45) is 7.27. The number of fused-ring (bicyclic) bond motifs is 1. The maximum atomic E-state index is 5.32. The van der Waals surface area contributed by atoms with E-state index in [0.29, 0.717) is 6.04 Å². The van der Waals surface area contributed by atoms with Gasteiger partial charge in [-0.25, -0.2) is 0 Å². The number of hydrogen-bond donors (Lipinski definition) is 1. The fraction of sp³-hybridized carbons (Fsp3) is 0.353. The van der Waals surface area contributed by atoms with E-state index < -0.39 is 0 Å². The highest BCUT2D eigenvalue weighted by molar-refractivity contribution is 5.48. The van der Waals surface area contributed by atoms with Crippen molar-refractivity contribution in [3.63, 3.8) is 0 Å². The number of pyridine rings is 1. The Balaban J connectivity index is 1.86. The van der Waals surface area contributed by atoms with Crippen LogP contribution in [0.15, 0.2) is 36.7 Å². The van der Waals surface area contributed by atoms with E-state index in [9.17, 15) is 0 Å². The molecule has 2 aromatic rings. The lowest BCUT2D eigenvalue weighted by Crippen LogP contribution is -2.17. The van der Waals surface area contributed by atoms with Crippen LogP contribution < -0.4 is 10.1 Å². The van der Waals surface area contributed by atoms with Crippen molar-refractivity contribution in [2.24, 2.45) is 0 Å². The van der Waals surface area contributed by atoms with Gasteiger partial charge in [0.1, 0.15) is 5.75 Å². The first-order chi connectivity index (χ1) is 9.76. The van der Waals surface area contributed by atoms with Crippen molar-refractivity contribution in [3.05, 3.63) is 53.3 Å². The van der Waals surface area contributed by atoms with E-state index in [1.54, 1.807) is 7.11 Å². The molecule has 1 aromatic carbocycles. The van der Waals surface area contributed by atoms with Crippen LogP contribution in [0.2, 0.25) is 0 Å². The molecule has 0 aliphatic heterocycles. The van der Waals surface area contributed by atoms with Crippen LogP contribution in [0.4, 0.5) is 5.69 Å². The van der Waals surface area contributed by atoms with Crippen molar-refractivity contribution in [2.45, 2.75) is 32.2 Å². The van der Waals surface area contributed by atoms with Gasteiger partial charge in [0, 0.05) is 12.4 Å². The Bertz CT molecular complexity index is 610. The molecule has 0 saturated heterocycles. The third kappa shape index (κ3) is 2.62. The maximum Gasteiger partial charge on any atom is 0.119 e. The summed E-state index contributed by atoms with van der Waals surface area (Å²) in [7, 11) is 1.72. The molecule has 1 aromatic heterocycles. The first-order valence-electron chi connectivity index (χ1n) is 7.11. The molecule has 3 rings (SSSR count). The van der Waals surface area contributed by atoms with Crippen LogP contribution in [0.1, 0.15) is 35.6 Å². The van der Waals surface area contributed by atoms with Gasteiger partial charge in [0.05, 0.1) is 18.8 Å². The van der Waals surface area contributed by atoms with E-state index >= 15 is 0 Å². The SMILES string of the molecule is COc1ccc2c(c1)CCCC2Nc1cncc(C)c1. The molecule has 104 valence electrons. The van der Waals surface area contributed by atoms with Gasteiger partial charge in [-0.1, -0.05) is 6.07 Å².